The maximum absolute atomic E-state index is 12.6. The van der Waals surface area contributed by atoms with Gasteiger partial charge in [-0.05, 0) is 61.1 Å². The highest BCUT2D eigenvalue weighted by Gasteiger charge is 2.29. The van der Waals surface area contributed by atoms with Gasteiger partial charge in [-0.25, -0.2) is 19.5 Å². The van der Waals surface area contributed by atoms with Crippen LogP contribution in [0.1, 0.15) is 56.6 Å². The second-order valence-corrected chi connectivity index (χ2v) is 9.42. The number of aryl methyl sites for hydroxylation is 2. The average molecular weight is 418 g/mol. The molecule has 0 aromatic carbocycles. The van der Waals surface area contributed by atoms with Crippen LogP contribution >= 0.6 is 0 Å². The minimum Gasteiger partial charge on any atom is -0.323 e. The van der Waals surface area contributed by atoms with Crippen LogP contribution in [0.4, 0.5) is 11.6 Å². The van der Waals surface area contributed by atoms with E-state index >= 15 is 0 Å². The number of hydrogen-bond acceptors (Lipinski definition) is 6. The summed E-state index contributed by atoms with van der Waals surface area (Å²) in [7, 11) is 1.78. The van der Waals surface area contributed by atoms with Crippen molar-refractivity contribution < 1.29 is 0 Å². The molecule has 1 fully saturated rings. The summed E-state index contributed by atoms with van der Waals surface area (Å²) in [5, 5.41) is 7.53. The number of pyridine rings is 2. The summed E-state index contributed by atoms with van der Waals surface area (Å²) in [6.45, 7) is 6.66. The van der Waals surface area contributed by atoms with Gasteiger partial charge >= 0.3 is 0 Å². The van der Waals surface area contributed by atoms with Gasteiger partial charge in [-0.1, -0.05) is 13.8 Å². The second-order valence-electron chi connectivity index (χ2n) is 9.42. The lowest BCUT2D eigenvalue weighted by Crippen LogP contribution is -2.23. The molecule has 5 rings (SSSR count). The molecular formula is C23H27N7O. The van der Waals surface area contributed by atoms with Crippen molar-refractivity contribution in [3.63, 3.8) is 0 Å². The lowest BCUT2D eigenvalue weighted by molar-refractivity contribution is 0.225. The molecule has 1 N–H and O–H groups in total. The number of nitrogens with one attached hydrogen (secondary N) is 1. The molecule has 0 bridgehead atoms. The van der Waals surface area contributed by atoms with Crippen molar-refractivity contribution in [3.05, 3.63) is 52.3 Å². The van der Waals surface area contributed by atoms with Gasteiger partial charge in [-0.15, -0.1) is 0 Å². The summed E-state index contributed by atoms with van der Waals surface area (Å²) in [5.74, 6) is 0.853. The zero-order chi connectivity index (χ0) is 21.8. The number of fused-ring (bicyclic) bond motifs is 2. The van der Waals surface area contributed by atoms with Crippen molar-refractivity contribution in [3.8, 4) is 0 Å². The fourth-order valence-electron chi connectivity index (χ4n) is 4.54. The van der Waals surface area contributed by atoms with Gasteiger partial charge in [-0.2, -0.15) is 5.10 Å². The second kappa shape index (κ2) is 7.14. The minimum atomic E-state index is -0.0101. The van der Waals surface area contributed by atoms with Crippen LogP contribution in [0.3, 0.4) is 0 Å². The predicted molar refractivity (Wildman–Crippen MR) is 121 cm³/mol. The van der Waals surface area contributed by atoms with Crippen LogP contribution in [-0.4, -0.2) is 29.1 Å². The van der Waals surface area contributed by atoms with Crippen LogP contribution in [-0.2, 0) is 7.05 Å². The first-order valence-corrected chi connectivity index (χ1v) is 10.7. The number of anilines is 2. The van der Waals surface area contributed by atoms with E-state index in [1.165, 1.54) is 6.33 Å². The molecule has 4 heterocycles. The summed E-state index contributed by atoms with van der Waals surface area (Å²) >= 11 is 0. The molecule has 8 heteroatoms. The molecule has 0 aliphatic heterocycles. The minimum absolute atomic E-state index is 0.0101. The molecule has 160 valence electrons. The highest BCUT2D eigenvalue weighted by molar-refractivity contribution is 5.80. The molecule has 0 radical (unpaired) electrons. The van der Waals surface area contributed by atoms with Crippen LogP contribution < -0.4 is 10.9 Å². The van der Waals surface area contributed by atoms with Crippen molar-refractivity contribution in [2.45, 2.75) is 52.4 Å². The Morgan fingerprint density at radius 2 is 1.94 bits per heavy atom. The van der Waals surface area contributed by atoms with Gasteiger partial charge in [-0.3, -0.25) is 4.79 Å². The van der Waals surface area contributed by atoms with E-state index in [0.29, 0.717) is 17.3 Å². The zero-order valence-electron chi connectivity index (χ0n) is 18.4. The van der Waals surface area contributed by atoms with Gasteiger partial charge in [0.25, 0.3) is 5.56 Å². The van der Waals surface area contributed by atoms with Gasteiger partial charge in [0.05, 0.1) is 29.1 Å². The van der Waals surface area contributed by atoms with E-state index in [1.807, 2.05) is 19.2 Å². The Labute approximate surface area is 180 Å². The fourth-order valence-corrected chi connectivity index (χ4v) is 4.54. The molecule has 0 saturated heterocycles. The third kappa shape index (κ3) is 3.56. The van der Waals surface area contributed by atoms with Crippen LogP contribution in [0.2, 0.25) is 0 Å². The standard InChI is InChI=1S/C23H27N7O/c1-14-9-19-25-13-26-30(19)12-17(14)27-22-24-11-18-21(28-22)16(10-20(31)29(18)4)15-5-7-23(2,3)8-6-15/h9-13,15H,5-8H2,1-4H3,(H,24,27,28). The maximum Gasteiger partial charge on any atom is 0.251 e. The molecule has 8 nitrogen and oxygen atoms in total. The van der Waals surface area contributed by atoms with Gasteiger partial charge in [0, 0.05) is 13.1 Å². The zero-order valence-corrected chi connectivity index (χ0v) is 18.4. The maximum atomic E-state index is 12.6. The van der Waals surface area contributed by atoms with Gasteiger partial charge in [0.2, 0.25) is 5.95 Å². The molecule has 0 spiro atoms. The predicted octanol–water partition coefficient (Wildman–Crippen LogP) is 4.11. The first-order chi connectivity index (χ1) is 14.8. The largest absolute Gasteiger partial charge is 0.323 e. The third-order valence-corrected chi connectivity index (χ3v) is 6.66. The quantitative estimate of drug-likeness (QED) is 0.540. The van der Waals surface area contributed by atoms with Crippen molar-refractivity contribution in [1.29, 1.82) is 0 Å². The van der Waals surface area contributed by atoms with E-state index in [0.717, 1.165) is 59.2 Å². The van der Waals surface area contributed by atoms with Crippen LogP contribution in [0.15, 0.2) is 35.6 Å². The van der Waals surface area contributed by atoms with E-state index < -0.39 is 0 Å². The van der Waals surface area contributed by atoms with E-state index in [1.54, 1.807) is 28.4 Å². The average Bonchev–Trinajstić information content (AvgIpc) is 3.18. The van der Waals surface area contributed by atoms with Crippen LogP contribution in [0.25, 0.3) is 16.7 Å². The summed E-state index contributed by atoms with van der Waals surface area (Å²) < 4.78 is 3.34. The first-order valence-electron chi connectivity index (χ1n) is 10.7. The summed E-state index contributed by atoms with van der Waals surface area (Å²) in [4.78, 5) is 26.2. The highest BCUT2D eigenvalue weighted by Crippen LogP contribution is 2.43. The third-order valence-electron chi connectivity index (χ3n) is 6.66. The first kappa shape index (κ1) is 19.7. The lowest BCUT2D eigenvalue weighted by atomic mass is 9.71. The number of rotatable bonds is 3. The molecule has 4 aromatic rings. The van der Waals surface area contributed by atoms with E-state index in [4.69, 9.17) is 4.98 Å². The summed E-state index contributed by atoms with van der Waals surface area (Å²) in [6.07, 6.45) is 9.61. The Hall–Kier alpha value is -3.29. The molecule has 1 saturated carbocycles. The lowest BCUT2D eigenvalue weighted by Gasteiger charge is -2.34. The molecule has 1 aliphatic rings. The topological polar surface area (TPSA) is 90.0 Å². The Balaban J connectivity index is 1.57. The number of hydrogen-bond donors (Lipinski definition) is 1. The van der Waals surface area contributed by atoms with Crippen molar-refractivity contribution >= 4 is 28.3 Å². The molecule has 0 unspecified atom stereocenters. The Bertz CT molecular complexity index is 1340. The Morgan fingerprint density at radius 3 is 2.71 bits per heavy atom. The fraction of sp³-hybridized carbons (Fsp3) is 0.435. The number of aromatic nitrogens is 6. The molecule has 0 amide bonds. The molecule has 4 aromatic heterocycles. The molecular weight excluding hydrogens is 390 g/mol. The van der Waals surface area contributed by atoms with Crippen LogP contribution in [0, 0.1) is 12.3 Å². The van der Waals surface area contributed by atoms with Crippen LogP contribution in [0.5, 0.6) is 0 Å². The summed E-state index contributed by atoms with van der Waals surface area (Å²) in [6, 6.07) is 3.74. The van der Waals surface area contributed by atoms with E-state index in [-0.39, 0.29) is 5.56 Å². The SMILES string of the molecule is Cc1cc2ncnn2cc1Nc1ncc2c(n1)c(C1CCC(C)(C)CC1)cc(=O)n2C. The monoisotopic (exact) mass is 417 g/mol. The Kier molecular flexibility index (Phi) is 4.53. The van der Waals surface area contributed by atoms with E-state index in [9.17, 15) is 4.79 Å². The highest BCUT2D eigenvalue weighted by atomic mass is 16.1. The van der Waals surface area contributed by atoms with Crippen molar-refractivity contribution in [2.24, 2.45) is 12.5 Å². The van der Waals surface area contributed by atoms with Crippen molar-refractivity contribution in [2.75, 3.05) is 5.32 Å². The number of nitrogens with zero attached hydrogens (tertiary/aromatic N) is 6. The van der Waals surface area contributed by atoms with Gasteiger partial charge < -0.3 is 9.88 Å². The van der Waals surface area contributed by atoms with Gasteiger partial charge in [0.1, 0.15) is 6.33 Å². The normalized spacial score (nSPS) is 16.8. The van der Waals surface area contributed by atoms with Gasteiger partial charge in [0.15, 0.2) is 5.65 Å². The smallest absolute Gasteiger partial charge is 0.251 e. The van der Waals surface area contributed by atoms with E-state index in [2.05, 4.69) is 34.2 Å². The van der Waals surface area contributed by atoms with Crippen molar-refractivity contribution in [1.82, 2.24) is 29.1 Å². The molecule has 0 atom stereocenters. The summed E-state index contributed by atoms with van der Waals surface area (Å²) in [5.41, 5.74) is 5.70. The molecule has 1 aliphatic carbocycles. The molecule has 31 heavy (non-hydrogen) atoms. The Morgan fingerprint density at radius 1 is 1.16 bits per heavy atom.